The number of ether oxygens (including phenoxy) is 2. The minimum Gasteiger partial charge on any atom is -0.477 e. The SMILES string of the molecule is CCOc1nc(N2CC[C@H](N(C)C(=O)OC(C)(C)C)C2)ncc1C(=O)Nc1cc(F)c2nn(C)cc2c1. The molecule has 1 atom stereocenters. The molecule has 3 aromatic rings. The van der Waals surface area contributed by atoms with Crippen molar-refractivity contribution in [1.29, 1.82) is 0 Å². The molecule has 0 unspecified atom stereocenters. The Morgan fingerprint density at radius 1 is 1.30 bits per heavy atom. The molecule has 12 heteroatoms. The Hall–Kier alpha value is -3.96. The number of likely N-dealkylation sites (N-methyl/N-ethyl adjacent to an activating group) is 1. The van der Waals surface area contributed by atoms with Crippen molar-refractivity contribution in [3.63, 3.8) is 0 Å². The molecule has 2 amide bonds. The number of hydrogen-bond acceptors (Lipinski definition) is 8. The van der Waals surface area contributed by atoms with Gasteiger partial charge < -0.3 is 24.6 Å². The summed E-state index contributed by atoms with van der Waals surface area (Å²) in [5, 5.41) is 7.33. The van der Waals surface area contributed by atoms with Gasteiger partial charge in [0, 0.05) is 50.7 Å². The Balaban J connectivity index is 1.49. The number of nitrogens with zero attached hydrogens (tertiary/aromatic N) is 6. The van der Waals surface area contributed by atoms with Crippen molar-refractivity contribution in [2.45, 2.75) is 45.8 Å². The monoisotopic (exact) mass is 513 g/mol. The molecule has 0 aliphatic carbocycles. The third-order valence-corrected chi connectivity index (χ3v) is 5.88. The highest BCUT2D eigenvalue weighted by Gasteiger charge is 2.32. The Morgan fingerprint density at radius 2 is 2.05 bits per heavy atom. The molecule has 3 heterocycles. The molecule has 11 nitrogen and oxygen atoms in total. The van der Waals surface area contributed by atoms with Gasteiger partial charge in [0.1, 0.15) is 16.7 Å². The largest absolute Gasteiger partial charge is 0.477 e. The number of amides is 2. The lowest BCUT2D eigenvalue weighted by Gasteiger charge is -2.28. The second kappa shape index (κ2) is 10.2. The maximum absolute atomic E-state index is 14.4. The van der Waals surface area contributed by atoms with Crippen molar-refractivity contribution in [2.75, 3.05) is 37.0 Å². The van der Waals surface area contributed by atoms with Crippen molar-refractivity contribution in [1.82, 2.24) is 24.6 Å². The Morgan fingerprint density at radius 3 is 2.76 bits per heavy atom. The van der Waals surface area contributed by atoms with Crippen LogP contribution in [0.4, 0.5) is 20.8 Å². The van der Waals surface area contributed by atoms with E-state index in [1.54, 1.807) is 38.2 Å². The number of rotatable bonds is 6. The van der Waals surface area contributed by atoms with Gasteiger partial charge in [0.05, 0.1) is 12.6 Å². The molecule has 1 aliphatic rings. The molecule has 1 N–H and O–H groups in total. The number of carbonyl (C=O) groups is 2. The first-order valence-electron chi connectivity index (χ1n) is 12.1. The van der Waals surface area contributed by atoms with Crippen molar-refractivity contribution in [3.8, 4) is 5.88 Å². The van der Waals surface area contributed by atoms with E-state index in [0.29, 0.717) is 30.8 Å². The fraction of sp³-hybridized carbons (Fsp3) is 0.480. The smallest absolute Gasteiger partial charge is 0.410 e. The summed E-state index contributed by atoms with van der Waals surface area (Å²) in [4.78, 5) is 37.9. The average Bonchev–Trinajstić information content (AvgIpc) is 3.44. The summed E-state index contributed by atoms with van der Waals surface area (Å²) in [5.74, 6) is -0.550. The first-order chi connectivity index (χ1) is 17.4. The minimum absolute atomic E-state index is 0.0748. The molecular formula is C25H32FN7O4. The molecular weight excluding hydrogens is 481 g/mol. The van der Waals surface area contributed by atoms with E-state index < -0.39 is 17.3 Å². The van der Waals surface area contributed by atoms with Crippen LogP contribution in [0, 0.1) is 5.82 Å². The van der Waals surface area contributed by atoms with E-state index in [2.05, 4.69) is 20.4 Å². The van der Waals surface area contributed by atoms with E-state index in [1.807, 2.05) is 25.7 Å². The number of hydrogen-bond donors (Lipinski definition) is 1. The predicted molar refractivity (Wildman–Crippen MR) is 136 cm³/mol. The quantitative estimate of drug-likeness (QED) is 0.532. The maximum atomic E-state index is 14.4. The lowest BCUT2D eigenvalue weighted by molar-refractivity contribution is 0.0237. The highest BCUT2D eigenvalue weighted by molar-refractivity contribution is 6.06. The van der Waals surface area contributed by atoms with Crippen molar-refractivity contribution < 1.29 is 23.5 Å². The minimum atomic E-state index is -0.578. The van der Waals surface area contributed by atoms with Gasteiger partial charge in [0.25, 0.3) is 5.91 Å². The van der Waals surface area contributed by atoms with Crippen LogP contribution in [0.15, 0.2) is 24.5 Å². The number of carbonyl (C=O) groups excluding carboxylic acids is 2. The van der Waals surface area contributed by atoms with Crippen LogP contribution in [-0.4, -0.2) is 75.0 Å². The van der Waals surface area contributed by atoms with Gasteiger partial charge in [0.15, 0.2) is 5.82 Å². The molecule has 1 saturated heterocycles. The van der Waals surface area contributed by atoms with Gasteiger partial charge in [-0.25, -0.2) is 14.2 Å². The summed E-state index contributed by atoms with van der Waals surface area (Å²) in [7, 11) is 3.41. The van der Waals surface area contributed by atoms with Gasteiger partial charge in [0.2, 0.25) is 11.8 Å². The second-order valence-electron chi connectivity index (χ2n) is 9.95. The molecule has 4 rings (SSSR count). The summed E-state index contributed by atoms with van der Waals surface area (Å²) >= 11 is 0. The van der Waals surface area contributed by atoms with Gasteiger partial charge in [-0.15, -0.1) is 0 Å². The topological polar surface area (TPSA) is 115 Å². The number of benzene rings is 1. The lowest BCUT2D eigenvalue weighted by Crippen LogP contribution is -2.42. The Kier molecular flexibility index (Phi) is 7.19. The van der Waals surface area contributed by atoms with Gasteiger partial charge in [-0.1, -0.05) is 0 Å². The van der Waals surface area contributed by atoms with E-state index in [9.17, 15) is 14.0 Å². The van der Waals surface area contributed by atoms with Crippen LogP contribution in [0.25, 0.3) is 10.9 Å². The summed E-state index contributed by atoms with van der Waals surface area (Å²) in [6.07, 6.45) is 3.39. The van der Waals surface area contributed by atoms with Crippen LogP contribution in [0.2, 0.25) is 0 Å². The van der Waals surface area contributed by atoms with Crippen molar-refractivity contribution in [3.05, 3.63) is 35.9 Å². The third kappa shape index (κ3) is 5.89. The third-order valence-electron chi connectivity index (χ3n) is 5.88. The van der Waals surface area contributed by atoms with Crippen LogP contribution in [-0.2, 0) is 11.8 Å². The number of halogens is 1. The summed E-state index contributed by atoms with van der Waals surface area (Å²) in [5.41, 5.74) is 0.0517. The molecule has 0 saturated carbocycles. The highest BCUT2D eigenvalue weighted by Crippen LogP contribution is 2.26. The van der Waals surface area contributed by atoms with E-state index >= 15 is 0 Å². The van der Waals surface area contributed by atoms with E-state index in [1.165, 1.54) is 16.9 Å². The summed E-state index contributed by atoms with van der Waals surface area (Å²) in [6.45, 7) is 8.70. The van der Waals surface area contributed by atoms with Gasteiger partial charge in [-0.2, -0.15) is 10.1 Å². The van der Waals surface area contributed by atoms with Gasteiger partial charge in [-0.05, 0) is 46.2 Å². The molecule has 1 aliphatic heterocycles. The number of aryl methyl sites for hydroxylation is 1. The fourth-order valence-electron chi connectivity index (χ4n) is 4.12. The van der Waals surface area contributed by atoms with E-state index in [-0.39, 0.29) is 41.4 Å². The lowest BCUT2D eigenvalue weighted by atomic mass is 10.2. The number of fused-ring (bicyclic) bond motifs is 1. The number of aromatic nitrogens is 4. The second-order valence-corrected chi connectivity index (χ2v) is 9.95. The Labute approximate surface area is 214 Å². The molecule has 0 radical (unpaired) electrons. The molecule has 37 heavy (non-hydrogen) atoms. The normalized spacial score (nSPS) is 15.6. The zero-order valence-electron chi connectivity index (χ0n) is 21.9. The molecule has 198 valence electrons. The average molecular weight is 514 g/mol. The molecule has 0 bridgehead atoms. The van der Waals surface area contributed by atoms with Crippen LogP contribution < -0.4 is 15.0 Å². The summed E-state index contributed by atoms with van der Waals surface area (Å²) in [6, 6.07) is 2.79. The molecule has 0 spiro atoms. The van der Waals surface area contributed by atoms with E-state index in [4.69, 9.17) is 9.47 Å². The molecule has 2 aromatic heterocycles. The van der Waals surface area contributed by atoms with Crippen LogP contribution in [0.1, 0.15) is 44.5 Å². The molecule has 1 fully saturated rings. The number of anilines is 2. The summed E-state index contributed by atoms with van der Waals surface area (Å²) < 4.78 is 27.1. The zero-order valence-corrected chi connectivity index (χ0v) is 21.9. The number of nitrogens with one attached hydrogen (secondary N) is 1. The van der Waals surface area contributed by atoms with Gasteiger partial charge >= 0.3 is 6.09 Å². The zero-order chi connectivity index (χ0) is 26.9. The Bertz CT molecular complexity index is 1320. The fourth-order valence-corrected chi connectivity index (χ4v) is 4.12. The van der Waals surface area contributed by atoms with Crippen molar-refractivity contribution in [2.24, 2.45) is 7.05 Å². The highest BCUT2D eigenvalue weighted by atomic mass is 19.1. The standard InChI is InChI=1S/C25H32FN7O4/c1-7-36-22-18(21(34)28-16-10-15-13-31(5)30-20(15)19(26)11-16)12-27-23(29-22)33-9-8-17(14-33)32(6)24(35)37-25(2,3)4/h10-13,17H,7-9,14H2,1-6H3,(H,28,34)/t17-/m0/s1. The van der Waals surface area contributed by atoms with Crippen LogP contribution >= 0.6 is 0 Å². The predicted octanol–water partition coefficient (Wildman–Crippen LogP) is 3.60. The van der Waals surface area contributed by atoms with Crippen LogP contribution in [0.3, 0.4) is 0 Å². The van der Waals surface area contributed by atoms with Crippen LogP contribution in [0.5, 0.6) is 5.88 Å². The first kappa shape index (κ1) is 26.1. The molecule has 1 aromatic carbocycles. The maximum Gasteiger partial charge on any atom is 0.410 e. The van der Waals surface area contributed by atoms with E-state index in [0.717, 1.165) is 0 Å². The first-order valence-corrected chi connectivity index (χ1v) is 12.1. The van der Waals surface area contributed by atoms with Gasteiger partial charge in [-0.3, -0.25) is 9.48 Å². The van der Waals surface area contributed by atoms with Crippen molar-refractivity contribution >= 4 is 34.5 Å².